The minimum absolute atomic E-state index is 0.0763. The Bertz CT molecular complexity index is 1070. The van der Waals surface area contributed by atoms with Crippen molar-refractivity contribution in [1.29, 1.82) is 0 Å². The number of anilines is 1. The van der Waals surface area contributed by atoms with Gasteiger partial charge >= 0.3 is 0 Å². The highest BCUT2D eigenvalue weighted by Gasteiger charge is 2.24. The number of carbonyl (C=O) groups excluding carboxylic acids is 1. The molecule has 1 atom stereocenters. The van der Waals surface area contributed by atoms with Crippen LogP contribution >= 0.6 is 0 Å². The van der Waals surface area contributed by atoms with Gasteiger partial charge in [-0.1, -0.05) is 24.3 Å². The largest absolute Gasteiger partial charge is 0.346 e. The van der Waals surface area contributed by atoms with Crippen LogP contribution in [-0.4, -0.2) is 25.9 Å². The molecule has 1 heterocycles. The number of carbonyl (C=O) groups is 1. The summed E-state index contributed by atoms with van der Waals surface area (Å²) in [6, 6.07) is 18.4. The maximum absolute atomic E-state index is 13.2. The number of nitrogens with zero attached hydrogens (tertiary/aromatic N) is 2. The second-order valence-corrected chi connectivity index (χ2v) is 8.37. The fourth-order valence-electron chi connectivity index (χ4n) is 3.03. The van der Waals surface area contributed by atoms with Crippen molar-refractivity contribution in [2.24, 2.45) is 0 Å². The number of benzene rings is 2. The van der Waals surface area contributed by atoms with Crippen molar-refractivity contribution >= 4 is 21.6 Å². The molecule has 150 valence electrons. The number of nitrogens with one attached hydrogen (secondary N) is 1. The molecule has 0 spiro atoms. The summed E-state index contributed by atoms with van der Waals surface area (Å²) in [5, 5.41) is 2.89. The van der Waals surface area contributed by atoms with Crippen LogP contribution in [0.1, 0.15) is 35.8 Å². The predicted molar refractivity (Wildman–Crippen MR) is 113 cm³/mol. The van der Waals surface area contributed by atoms with E-state index in [-0.39, 0.29) is 29.0 Å². The van der Waals surface area contributed by atoms with Gasteiger partial charge in [-0.25, -0.2) is 8.42 Å². The van der Waals surface area contributed by atoms with Crippen molar-refractivity contribution in [3.8, 4) is 0 Å². The lowest BCUT2D eigenvalue weighted by atomic mass is 10.1. The van der Waals surface area contributed by atoms with E-state index in [1.54, 1.807) is 55.7 Å². The van der Waals surface area contributed by atoms with Crippen molar-refractivity contribution in [3.05, 3.63) is 90.3 Å². The van der Waals surface area contributed by atoms with Crippen LogP contribution in [0.4, 0.5) is 5.69 Å². The molecule has 0 aliphatic rings. The van der Waals surface area contributed by atoms with Crippen molar-refractivity contribution < 1.29 is 13.2 Å². The SMILES string of the molecule is CCN(c1ccccc1)S(=O)(=O)c1cccc(C(=O)NC(C)c2ccncc2)c1. The van der Waals surface area contributed by atoms with Crippen LogP contribution in [0.25, 0.3) is 0 Å². The first kappa shape index (κ1) is 20.5. The van der Waals surface area contributed by atoms with Crippen LogP contribution < -0.4 is 9.62 Å². The zero-order valence-electron chi connectivity index (χ0n) is 16.3. The summed E-state index contributed by atoms with van der Waals surface area (Å²) in [4.78, 5) is 16.7. The van der Waals surface area contributed by atoms with Crippen LogP contribution in [0, 0.1) is 0 Å². The minimum Gasteiger partial charge on any atom is -0.346 e. The van der Waals surface area contributed by atoms with Gasteiger partial charge in [0.1, 0.15) is 0 Å². The molecular formula is C22H23N3O3S. The van der Waals surface area contributed by atoms with E-state index < -0.39 is 10.0 Å². The second kappa shape index (κ2) is 8.87. The fourth-order valence-corrected chi connectivity index (χ4v) is 4.55. The zero-order valence-corrected chi connectivity index (χ0v) is 17.1. The fraction of sp³-hybridized carbons (Fsp3) is 0.182. The number of sulfonamides is 1. The van der Waals surface area contributed by atoms with Crippen molar-refractivity contribution in [3.63, 3.8) is 0 Å². The Morgan fingerprint density at radius 2 is 1.72 bits per heavy atom. The summed E-state index contributed by atoms with van der Waals surface area (Å²) in [7, 11) is -3.80. The average molecular weight is 410 g/mol. The molecule has 3 aromatic rings. The minimum atomic E-state index is -3.80. The van der Waals surface area contributed by atoms with E-state index >= 15 is 0 Å². The van der Waals surface area contributed by atoms with Crippen molar-refractivity contribution in [2.45, 2.75) is 24.8 Å². The van der Waals surface area contributed by atoms with E-state index in [1.807, 2.05) is 25.1 Å². The Balaban J connectivity index is 1.85. The first-order valence-corrected chi connectivity index (χ1v) is 10.8. The number of hydrogen-bond acceptors (Lipinski definition) is 4. The number of aromatic nitrogens is 1. The standard InChI is InChI=1S/C22H23N3O3S/c1-3-25(20-9-5-4-6-10-20)29(27,28)21-11-7-8-19(16-21)22(26)24-17(2)18-12-14-23-15-13-18/h4-17H,3H2,1-2H3,(H,24,26). The Labute approximate surface area is 171 Å². The van der Waals surface area contributed by atoms with E-state index in [9.17, 15) is 13.2 Å². The van der Waals surface area contributed by atoms with E-state index in [4.69, 9.17) is 0 Å². The van der Waals surface area contributed by atoms with Gasteiger partial charge in [-0.3, -0.25) is 14.1 Å². The summed E-state index contributed by atoms with van der Waals surface area (Å²) in [6.45, 7) is 3.92. The summed E-state index contributed by atoms with van der Waals surface area (Å²) in [5.74, 6) is -0.339. The zero-order chi connectivity index (χ0) is 20.9. The van der Waals surface area contributed by atoms with Gasteiger partial charge in [0.05, 0.1) is 16.6 Å². The molecule has 7 heteroatoms. The molecule has 0 bridgehead atoms. The van der Waals surface area contributed by atoms with Gasteiger partial charge in [-0.2, -0.15) is 0 Å². The Morgan fingerprint density at radius 1 is 1.03 bits per heavy atom. The van der Waals surface area contributed by atoms with Gasteiger partial charge in [-0.15, -0.1) is 0 Å². The summed E-state index contributed by atoms with van der Waals surface area (Å²) in [6.07, 6.45) is 3.32. The summed E-state index contributed by atoms with van der Waals surface area (Å²) in [5.41, 5.74) is 1.78. The Kier molecular flexibility index (Phi) is 6.29. The van der Waals surface area contributed by atoms with Crippen LogP contribution in [0.15, 0.2) is 84.0 Å². The molecule has 0 fully saturated rings. The van der Waals surface area contributed by atoms with Gasteiger partial charge in [0.15, 0.2) is 0 Å². The van der Waals surface area contributed by atoms with Crippen molar-refractivity contribution in [2.75, 3.05) is 10.8 Å². The molecule has 1 amide bonds. The number of para-hydroxylation sites is 1. The number of rotatable bonds is 7. The van der Waals surface area contributed by atoms with Crippen LogP contribution in [0.3, 0.4) is 0 Å². The van der Waals surface area contributed by atoms with Gasteiger partial charge < -0.3 is 5.32 Å². The van der Waals surface area contributed by atoms with Crippen LogP contribution in [0.2, 0.25) is 0 Å². The number of pyridine rings is 1. The molecule has 0 aliphatic carbocycles. The van der Waals surface area contributed by atoms with E-state index in [0.717, 1.165) is 5.56 Å². The predicted octanol–water partition coefficient (Wildman–Crippen LogP) is 3.79. The Morgan fingerprint density at radius 3 is 2.38 bits per heavy atom. The van der Waals surface area contributed by atoms with Crippen LogP contribution in [0.5, 0.6) is 0 Å². The molecule has 6 nitrogen and oxygen atoms in total. The first-order valence-electron chi connectivity index (χ1n) is 9.32. The van der Waals surface area contributed by atoms with Crippen LogP contribution in [-0.2, 0) is 10.0 Å². The third-order valence-electron chi connectivity index (χ3n) is 4.57. The highest BCUT2D eigenvalue weighted by atomic mass is 32.2. The third-order valence-corrected chi connectivity index (χ3v) is 6.47. The summed E-state index contributed by atoms with van der Waals surface area (Å²) < 4.78 is 27.7. The van der Waals surface area contributed by atoms with E-state index in [1.165, 1.54) is 16.4 Å². The van der Waals surface area contributed by atoms with Gasteiger partial charge in [0.25, 0.3) is 15.9 Å². The number of hydrogen-bond donors (Lipinski definition) is 1. The lowest BCUT2D eigenvalue weighted by molar-refractivity contribution is 0.0939. The maximum Gasteiger partial charge on any atom is 0.264 e. The second-order valence-electron chi connectivity index (χ2n) is 6.51. The highest BCUT2D eigenvalue weighted by Crippen LogP contribution is 2.24. The smallest absolute Gasteiger partial charge is 0.264 e. The lowest BCUT2D eigenvalue weighted by Crippen LogP contribution is -2.31. The molecule has 0 radical (unpaired) electrons. The molecule has 0 saturated carbocycles. The molecule has 0 aliphatic heterocycles. The Hall–Kier alpha value is -3.19. The average Bonchev–Trinajstić information content (AvgIpc) is 2.75. The molecule has 1 unspecified atom stereocenters. The topological polar surface area (TPSA) is 79.4 Å². The molecule has 0 saturated heterocycles. The molecular weight excluding hydrogens is 386 g/mol. The molecule has 3 rings (SSSR count). The monoisotopic (exact) mass is 409 g/mol. The first-order chi connectivity index (χ1) is 13.9. The normalized spacial score (nSPS) is 12.2. The highest BCUT2D eigenvalue weighted by molar-refractivity contribution is 7.92. The van der Waals surface area contributed by atoms with Gasteiger partial charge in [0.2, 0.25) is 0 Å². The summed E-state index contributed by atoms with van der Waals surface area (Å²) >= 11 is 0. The van der Waals surface area contributed by atoms with Gasteiger partial charge in [-0.05, 0) is 61.9 Å². The third kappa shape index (κ3) is 4.63. The van der Waals surface area contributed by atoms with Gasteiger partial charge in [0, 0.05) is 24.5 Å². The molecule has 1 aromatic heterocycles. The molecule has 1 N–H and O–H groups in total. The molecule has 29 heavy (non-hydrogen) atoms. The quantitative estimate of drug-likeness (QED) is 0.644. The van der Waals surface area contributed by atoms with E-state index in [0.29, 0.717) is 5.69 Å². The van der Waals surface area contributed by atoms with E-state index in [2.05, 4.69) is 10.3 Å². The number of amides is 1. The lowest BCUT2D eigenvalue weighted by Gasteiger charge is -2.23. The molecule has 2 aromatic carbocycles. The maximum atomic E-state index is 13.2. The van der Waals surface area contributed by atoms with Crippen molar-refractivity contribution in [1.82, 2.24) is 10.3 Å².